The van der Waals surface area contributed by atoms with Gasteiger partial charge in [0.2, 0.25) is 5.88 Å². The second-order valence-electron chi connectivity index (χ2n) is 2.92. The predicted octanol–water partition coefficient (Wildman–Crippen LogP) is 2.14. The summed E-state index contributed by atoms with van der Waals surface area (Å²) in [6.07, 6.45) is 2.25. The van der Waals surface area contributed by atoms with Crippen molar-refractivity contribution in [1.29, 1.82) is 0 Å². The monoisotopic (exact) mass is 246 g/mol. The minimum absolute atomic E-state index is 0.339. The van der Waals surface area contributed by atoms with E-state index in [9.17, 15) is 4.79 Å². The lowest BCUT2D eigenvalue weighted by Crippen LogP contribution is -2.12. The third-order valence-corrected chi connectivity index (χ3v) is 3.96. The SMILES string of the molecule is CCCCSc1snc(OC)c1C(N)=O. The molecule has 84 valence electrons. The molecule has 0 aliphatic rings. The Morgan fingerprint density at radius 2 is 2.40 bits per heavy atom. The Morgan fingerprint density at radius 3 is 2.93 bits per heavy atom. The standard InChI is InChI=1S/C9H14N2O2S2/c1-3-4-5-14-9-6(7(10)12)8(13-2)11-15-9/h3-5H2,1-2H3,(H2,10,12). The lowest BCUT2D eigenvalue weighted by atomic mass is 10.3. The molecule has 0 saturated carbocycles. The van der Waals surface area contributed by atoms with Crippen LogP contribution in [-0.4, -0.2) is 23.1 Å². The summed E-state index contributed by atoms with van der Waals surface area (Å²) in [7, 11) is 1.49. The first-order valence-electron chi connectivity index (χ1n) is 4.67. The van der Waals surface area contributed by atoms with Gasteiger partial charge in [0.1, 0.15) is 5.56 Å². The summed E-state index contributed by atoms with van der Waals surface area (Å²) < 4.78 is 9.87. The molecular weight excluding hydrogens is 232 g/mol. The van der Waals surface area contributed by atoms with Gasteiger partial charge in [-0.05, 0) is 23.7 Å². The smallest absolute Gasteiger partial charge is 0.256 e. The van der Waals surface area contributed by atoms with Gasteiger partial charge in [0.25, 0.3) is 5.91 Å². The molecule has 2 N–H and O–H groups in total. The van der Waals surface area contributed by atoms with Gasteiger partial charge in [-0.15, -0.1) is 11.8 Å². The lowest BCUT2D eigenvalue weighted by Gasteiger charge is -2.00. The highest BCUT2D eigenvalue weighted by Gasteiger charge is 2.19. The van der Waals surface area contributed by atoms with E-state index in [4.69, 9.17) is 10.5 Å². The highest BCUT2D eigenvalue weighted by molar-refractivity contribution is 8.01. The molecule has 0 aliphatic heterocycles. The van der Waals surface area contributed by atoms with Crippen LogP contribution < -0.4 is 10.5 Å². The zero-order valence-electron chi connectivity index (χ0n) is 8.78. The number of methoxy groups -OCH3 is 1. The van der Waals surface area contributed by atoms with Crippen molar-refractivity contribution in [3.05, 3.63) is 5.56 Å². The van der Waals surface area contributed by atoms with E-state index in [-0.39, 0.29) is 0 Å². The van der Waals surface area contributed by atoms with E-state index in [1.807, 2.05) is 0 Å². The van der Waals surface area contributed by atoms with Crippen molar-refractivity contribution >= 4 is 29.2 Å². The summed E-state index contributed by atoms with van der Waals surface area (Å²) in [5.74, 6) is 0.841. The molecule has 0 unspecified atom stereocenters. The number of primary amides is 1. The second-order valence-corrected chi connectivity index (χ2v) is 5.06. The fraction of sp³-hybridized carbons (Fsp3) is 0.556. The molecule has 1 aromatic heterocycles. The first kappa shape index (κ1) is 12.3. The van der Waals surface area contributed by atoms with Crippen molar-refractivity contribution in [2.24, 2.45) is 5.73 Å². The van der Waals surface area contributed by atoms with E-state index >= 15 is 0 Å². The van der Waals surface area contributed by atoms with E-state index < -0.39 is 5.91 Å². The Kier molecular flexibility index (Phi) is 4.90. The van der Waals surface area contributed by atoms with Gasteiger partial charge in [-0.25, -0.2) is 0 Å². The number of amides is 1. The zero-order chi connectivity index (χ0) is 11.3. The number of thioether (sulfide) groups is 1. The van der Waals surface area contributed by atoms with Gasteiger partial charge in [0.05, 0.1) is 11.3 Å². The van der Waals surface area contributed by atoms with Crippen LogP contribution in [0.5, 0.6) is 5.88 Å². The molecule has 0 spiro atoms. The maximum absolute atomic E-state index is 11.2. The average molecular weight is 246 g/mol. The van der Waals surface area contributed by atoms with Gasteiger partial charge in [-0.2, -0.15) is 4.37 Å². The second kappa shape index (κ2) is 5.97. The van der Waals surface area contributed by atoms with Gasteiger partial charge in [-0.3, -0.25) is 4.79 Å². The van der Waals surface area contributed by atoms with Crippen molar-refractivity contribution in [2.75, 3.05) is 12.9 Å². The van der Waals surface area contributed by atoms with Crippen LogP contribution in [0.3, 0.4) is 0 Å². The fourth-order valence-electron chi connectivity index (χ4n) is 1.01. The summed E-state index contributed by atoms with van der Waals surface area (Å²) in [5, 5.41) is 0. The van der Waals surface area contributed by atoms with Crippen LogP contribution in [0.15, 0.2) is 4.21 Å². The molecule has 0 fully saturated rings. The molecule has 0 saturated heterocycles. The maximum Gasteiger partial charge on any atom is 0.256 e. The van der Waals surface area contributed by atoms with Crippen LogP contribution in [-0.2, 0) is 0 Å². The van der Waals surface area contributed by atoms with Crippen molar-refractivity contribution in [3.63, 3.8) is 0 Å². The largest absolute Gasteiger partial charge is 0.480 e. The fourth-order valence-corrected chi connectivity index (χ4v) is 3.15. The van der Waals surface area contributed by atoms with Crippen molar-refractivity contribution in [1.82, 2.24) is 4.37 Å². The maximum atomic E-state index is 11.2. The molecule has 0 aromatic carbocycles. The Labute approximate surface area is 97.4 Å². The highest BCUT2D eigenvalue weighted by Crippen LogP contribution is 2.33. The van der Waals surface area contributed by atoms with Crippen molar-refractivity contribution in [2.45, 2.75) is 24.0 Å². The van der Waals surface area contributed by atoms with E-state index in [2.05, 4.69) is 11.3 Å². The summed E-state index contributed by atoms with van der Waals surface area (Å²) >= 11 is 2.88. The molecule has 1 aromatic rings. The zero-order valence-corrected chi connectivity index (χ0v) is 10.4. The third-order valence-electron chi connectivity index (χ3n) is 1.80. The molecule has 4 nitrogen and oxygen atoms in total. The first-order chi connectivity index (χ1) is 7.20. The molecular formula is C9H14N2O2S2. The molecule has 1 rings (SSSR count). The number of ether oxygens (including phenoxy) is 1. The number of carbonyl (C=O) groups excluding carboxylic acids is 1. The highest BCUT2D eigenvalue weighted by atomic mass is 32.2. The Hall–Kier alpha value is -0.750. The van der Waals surface area contributed by atoms with Crippen LogP contribution in [0.25, 0.3) is 0 Å². The molecule has 1 amide bonds. The average Bonchev–Trinajstić information content (AvgIpc) is 2.61. The van der Waals surface area contributed by atoms with Crippen LogP contribution in [0, 0.1) is 0 Å². The van der Waals surface area contributed by atoms with Gasteiger partial charge >= 0.3 is 0 Å². The lowest BCUT2D eigenvalue weighted by molar-refractivity contribution is 0.0995. The number of hydrogen-bond acceptors (Lipinski definition) is 5. The molecule has 15 heavy (non-hydrogen) atoms. The summed E-state index contributed by atoms with van der Waals surface area (Å²) in [4.78, 5) is 11.2. The van der Waals surface area contributed by atoms with Gasteiger partial charge in [-0.1, -0.05) is 13.3 Å². The van der Waals surface area contributed by atoms with E-state index in [0.29, 0.717) is 11.4 Å². The number of nitrogens with zero attached hydrogens (tertiary/aromatic N) is 1. The number of aromatic nitrogens is 1. The Morgan fingerprint density at radius 1 is 1.67 bits per heavy atom. The number of carbonyl (C=O) groups is 1. The molecule has 0 atom stereocenters. The van der Waals surface area contributed by atoms with Crippen LogP contribution in [0.1, 0.15) is 30.1 Å². The van der Waals surface area contributed by atoms with Crippen LogP contribution in [0.2, 0.25) is 0 Å². The molecule has 0 bridgehead atoms. The normalized spacial score (nSPS) is 10.3. The van der Waals surface area contributed by atoms with Gasteiger partial charge in [0.15, 0.2) is 0 Å². The predicted molar refractivity (Wildman–Crippen MR) is 62.8 cm³/mol. The topological polar surface area (TPSA) is 65.2 Å². The minimum atomic E-state index is -0.473. The number of rotatable bonds is 6. The van der Waals surface area contributed by atoms with E-state index in [0.717, 1.165) is 22.8 Å². The summed E-state index contributed by atoms with van der Waals surface area (Å²) in [6, 6.07) is 0. The van der Waals surface area contributed by atoms with Gasteiger partial charge in [0, 0.05) is 0 Å². The summed E-state index contributed by atoms with van der Waals surface area (Å²) in [6.45, 7) is 2.13. The van der Waals surface area contributed by atoms with Crippen molar-refractivity contribution < 1.29 is 9.53 Å². The molecule has 1 heterocycles. The molecule has 6 heteroatoms. The quantitative estimate of drug-likeness (QED) is 0.617. The Balaban J connectivity index is 2.78. The Bertz CT molecular complexity index is 339. The first-order valence-corrected chi connectivity index (χ1v) is 6.42. The van der Waals surface area contributed by atoms with Crippen molar-refractivity contribution in [3.8, 4) is 5.88 Å². The number of unbranched alkanes of at least 4 members (excludes halogenated alkanes) is 1. The number of hydrogen-bond donors (Lipinski definition) is 1. The third kappa shape index (κ3) is 3.10. The molecule has 0 aliphatic carbocycles. The van der Waals surface area contributed by atoms with E-state index in [1.54, 1.807) is 11.8 Å². The number of nitrogens with two attached hydrogens (primary N) is 1. The van der Waals surface area contributed by atoms with E-state index in [1.165, 1.54) is 18.6 Å². The van der Waals surface area contributed by atoms with Crippen LogP contribution >= 0.6 is 23.3 Å². The summed E-state index contributed by atoms with van der Waals surface area (Å²) in [5.41, 5.74) is 5.69. The molecule has 0 radical (unpaired) electrons. The van der Waals surface area contributed by atoms with Gasteiger partial charge < -0.3 is 10.5 Å². The van der Waals surface area contributed by atoms with Crippen LogP contribution in [0.4, 0.5) is 0 Å². The minimum Gasteiger partial charge on any atom is -0.480 e.